The van der Waals surface area contributed by atoms with Gasteiger partial charge in [-0.3, -0.25) is 76.7 Å². The van der Waals surface area contributed by atoms with Gasteiger partial charge in [0, 0.05) is 102 Å². The predicted molar refractivity (Wildman–Crippen MR) is 489 cm³/mol. The number of phenolic OH excluding ortho intramolecular Hbond substituents is 1. The maximum atomic E-state index is 15.7. The number of aliphatic hydroxyl groups excluding tert-OH is 2. The lowest BCUT2D eigenvalue weighted by Gasteiger charge is -2.38. The van der Waals surface area contributed by atoms with Gasteiger partial charge in [-0.05, 0) is 116 Å². The van der Waals surface area contributed by atoms with Crippen LogP contribution >= 0.6 is 11.8 Å². The molecule has 3 fully saturated rings. The summed E-state index contributed by atoms with van der Waals surface area (Å²) in [4.78, 5) is 246. The first-order valence-corrected chi connectivity index (χ1v) is 45.8. The van der Waals surface area contributed by atoms with Gasteiger partial charge in [0.1, 0.15) is 84.3 Å². The highest BCUT2D eigenvalue weighted by Gasteiger charge is 2.48. The number of para-hydroxylation sites is 1. The molecule has 15 atom stereocenters. The number of primary amides is 1. The maximum Gasteiger partial charge on any atom is 0.305 e. The number of nitrogens with zero attached hydrogens (tertiary/aromatic N) is 5. The van der Waals surface area contributed by atoms with Crippen molar-refractivity contribution >= 4 is 117 Å². The van der Waals surface area contributed by atoms with Gasteiger partial charge in [0.15, 0.2) is 11.6 Å². The van der Waals surface area contributed by atoms with Crippen LogP contribution < -0.4 is 65.1 Å². The average molecular weight is 1880 g/mol. The minimum Gasteiger partial charge on any atom is -0.508 e. The molecule has 5 aromatic carbocycles. The number of likely N-dealkylation sites (N-methyl/N-ethyl adjacent to an activating group) is 3. The Morgan fingerprint density at radius 2 is 1.01 bits per heavy atom. The van der Waals surface area contributed by atoms with E-state index in [1.165, 1.54) is 59.3 Å². The molecule has 6 aromatic rings. The molecule has 0 aliphatic carbocycles. The number of hydrogen-bond donors (Lipinski definition) is 17. The molecule has 3 aliphatic rings. The van der Waals surface area contributed by atoms with Crippen LogP contribution in [0, 0.1) is 17.6 Å². The van der Waals surface area contributed by atoms with Crippen LogP contribution in [0.1, 0.15) is 119 Å². The van der Waals surface area contributed by atoms with Crippen molar-refractivity contribution in [2.75, 3.05) is 65.4 Å². The molecule has 724 valence electrons. The van der Waals surface area contributed by atoms with Crippen molar-refractivity contribution in [2.45, 2.75) is 214 Å². The molecule has 3 saturated heterocycles. The summed E-state index contributed by atoms with van der Waals surface area (Å²) >= 11 is 0.697. The normalized spacial score (nSPS) is 24.6. The molecule has 41 heteroatoms. The van der Waals surface area contributed by atoms with E-state index in [9.17, 15) is 58.4 Å². The van der Waals surface area contributed by atoms with Crippen molar-refractivity contribution in [3.05, 3.63) is 173 Å². The predicted octanol–water partition coefficient (Wildman–Crippen LogP) is -0.515. The Balaban J connectivity index is 1.14. The van der Waals surface area contributed by atoms with Crippen molar-refractivity contribution in [1.29, 1.82) is 0 Å². The molecular formula is C93H122F2N18O20S. The number of fused-ring (bicyclic) bond motifs is 3. The van der Waals surface area contributed by atoms with Crippen LogP contribution in [0.3, 0.4) is 0 Å². The highest BCUT2D eigenvalue weighted by atomic mass is 32.2. The van der Waals surface area contributed by atoms with Gasteiger partial charge < -0.3 is 115 Å². The molecule has 0 bridgehead atoms. The number of aromatic hydroxyl groups is 1. The molecule has 0 unspecified atom stereocenters. The summed E-state index contributed by atoms with van der Waals surface area (Å²) in [6, 6.07) is 10.4. The molecule has 20 N–H and O–H groups in total. The molecular weight excluding hydrogens is 1760 g/mol. The number of amides is 15. The zero-order valence-corrected chi connectivity index (χ0v) is 76.5. The van der Waals surface area contributed by atoms with Crippen LogP contribution in [0.15, 0.2) is 134 Å². The smallest absolute Gasteiger partial charge is 0.305 e. The number of phenols is 1. The quantitative estimate of drug-likeness (QED) is 0.0304. The first-order valence-electron chi connectivity index (χ1n) is 44.7. The van der Waals surface area contributed by atoms with Crippen LogP contribution in [-0.2, 0) is 109 Å². The Labute approximate surface area is 778 Å². The number of thioether (sulfide) groups is 1. The second-order valence-electron chi connectivity index (χ2n) is 34.3. The van der Waals surface area contributed by atoms with E-state index in [4.69, 9.17) is 17.2 Å². The molecule has 1 aromatic heterocycles. The van der Waals surface area contributed by atoms with Gasteiger partial charge in [0.25, 0.3) is 0 Å². The van der Waals surface area contributed by atoms with E-state index >= 15 is 47.5 Å². The number of benzene rings is 5. The number of carbonyl (C=O) groups excluding carboxylic acids is 15. The number of rotatable bonds is 26. The number of carboxylic acids is 1. The number of carboxylic acid groups (broad SMARTS) is 1. The molecule has 3 aliphatic heterocycles. The lowest BCUT2D eigenvalue weighted by molar-refractivity contribution is -0.152. The Kier molecular flexibility index (Phi) is 39.2. The van der Waals surface area contributed by atoms with Gasteiger partial charge in [-0.25, -0.2) is 8.78 Å². The molecule has 15 amide bonds. The minimum atomic E-state index is -2.02. The zero-order valence-electron chi connectivity index (χ0n) is 75.7. The molecule has 0 spiro atoms. The summed E-state index contributed by atoms with van der Waals surface area (Å²) in [5, 5.41) is 67.9. The lowest BCUT2D eigenvalue weighted by Crippen LogP contribution is -2.62. The SMILES string of the molecule is CCCC[C@H]1C(=O)N2C[C@H](O)C[C@@H]2C(=O)N[C@@H](CC(=O)O)C(=O)N[C@@H](C(C)C)C(=O)N(C)[C@H](Cc2ccccc2)C(=O)N[C@@H](CCCCN)C(=O)N2C[C@H](O)C[C@@H]2C(=O)N[C@@H](Cc2c[nH]c3ccccc23)C(=O)N[C@@H](Cc2ccc(O)cc2)C(=O)N[C@@H](CCCN)C(=O)N[C@H](C(=O)NCC(N)=O)CSCC(=O)N[C@@H](Cc2ccc(F)c(F)c2)C(=O)N(C)[C@@H](Cc2ccccc2)C(=O)N1C. The van der Waals surface area contributed by atoms with Crippen molar-refractivity contribution in [3.8, 4) is 5.75 Å². The number of unbranched alkanes of at least 4 members (excludes halogenated alkanes) is 2. The van der Waals surface area contributed by atoms with Gasteiger partial charge in [-0.1, -0.05) is 131 Å². The van der Waals surface area contributed by atoms with Crippen molar-refractivity contribution < 1.29 is 106 Å². The molecule has 38 nitrogen and oxygen atoms in total. The third-order valence-electron chi connectivity index (χ3n) is 23.9. The van der Waals surface area contributed by atoms with Crippen LogP contribution in [0.5, 0.6) is 5.75 Å². The summed E-state index contributed by atoms with van der Waals surface area (Å²) < 4.78 is 29.8. The third-order valence-corrected chi connectivity index (χ3v) is 25.0. The standard InChI is InChI=1S/C93H122F2N18O20S/c1-7-8-28-72-92(132)113-49-60(116)44-75(113)88(128)106-69(45-79(119)120)85(125)108-80(52(2)3)93(133)110(5)73(40-53-20-11-9-12-21-53)86(126)103-66(26-17-18-35-96)90(130)112-48-59(115)43-74(112)87(127)105-68(42-57-46-99-64-25-16-15-24-61(57)64)84(124)104-67(38-55-29-32-58(114)33-30-55)83(123)102-65(27-19-36-97)82(122)107-71(81(121)100-47-77(98)117)50-134-51-78(118)101-70(39-56-31-34-62(94)63(95)37-56)89(129)111(6)76(91(131)109(72)4)41-54-22-13-10-14-23-54/h9-16,20-25,29-34,37,46,52,59-60,65-76,80,99,114-116H,7-8,17-19,26-28,35-36,38-45,47-51,96-97H2,1-6H3,(H2,98,117)(H,100,121)(H,101,118)(H,102,123)(H,103,126)(H,104,124)(H,105,127)(H,106,128)(H,107,122)(H,108,125)(H,119,120)/t59-,60-,65+,66+,67+,68+,69+,70+,71+,72+,73-,74-,75-,76+,80+/m1/s1. The summed E-state index contributed by atoms with van der Waals surface area (Å²) in [5.41, 5.74) is 19.8. The van der Waals surface area contributed by atoms with Crippen molar-refractivity contribution in [1.82, 2.24) is 77.3 Å². The Morgan fingerprint density at radius 3 is 1.61 bits per heavy atom. The topological polar surface area (TPSA) is 572 Å². The summed E-state index contributed by atoms with van der Waals surface area (Å²) in [6.07, 6.45) is -4.26. The highest BCUT2D eigenvalue weighted by molar-refractivity contribution is 8.00. The Bertz CT molecular complexity index is 5140. The van der Waals surface area contributed by atoms with Crippen LogP contribution in [-0.4, -0.2) is 301 Å². The number of aromatic nitrogens is 1. The van der Waals surface area contributed by atoms with Crippen LogP contribution in [0.2, 0.25) is 0 Å². The number of aromatic amines is 1. The highest BCUT2D eigenvalue weighted by Crippen LogP contribution is 2.29. The van der Waals surface area contributed by atoms with Crippen LogP contribution in [0.4, 0.5) is 8.78 Å². The zero-order chi connectivity index (χ0) is 97.7. The second kappa shape index (κ2) is 50.2. The summed E-state index contributed by atoms with van der Waals surface area (Å²) in [6.45, 7) is 3.13. The monoisotopic (exact) mass is 1880 g/mol. The van der Waals surface area contributed by atoms with Gasteiger partial charge >= 0.3 is 5.97 Å². The van der Waals surface area contributed by atoms with E-state index in [1.807, 2.05) is 0 Å². The lowest BCUT2D eigenvalue weighted by atomic mass is 9.98. The van der Waals surface area contributed by atoms with E-state index in [2.05, 4.69) is 52.8 Å². The van der Waals surface area contributed by atoms with E-state index < -0.39 is 260 Å². The minimum absolute atomic E-state index is 0.0310. The average Bonchev–Trinajstić information content (AvgIpc) is 1.54. The van der Waals surface area contributed by atoms with E-state index in [1.54, 1.807) is 98.0 Å². The second-order valence-corrected chi connectivity index (χ2v) is 35.4. The van der Waals surface area contributed by atoms with Gasteiger partial charge in [-0.2, -0.15) is 0 Å². The number of aliphatic carboxylic acids is 1. The number of nitrogens with one attached hydrogen (secondary N) is 10. The number of aliphatic hydroxyl groups is 2. The Hall–Kier alpha value is -13.0. The fourth-order valence-electron chi connectivity index (χ4n) is 16.5. The van der Waals surface area contributed by atoms with Crippen LogP contribution in [0.25, 0.3) is 10.9 Å². The number of carbonyl (C=O) groups is 16. The van der Waals surface area contributed by atoms with Gasteiger partial charge in [0.05, 0.1) is 30.9 Å². The fraction of sp³-hybridized carbons (Fsp3) is 0.484. The molecule has 4 heterocycles. The number of H-pyrrole nitrogens is 1. The van der Waals surface area contributed by atoms with E-state index in [0.29, 0.717) is 57.8 Å². The largest absolute Gasteiger partial charge is 0.508 e. The van der Waals surface area contributed by atoms with Crippen molar-refractivity contribution in [3.63, 3.8) is 0 Å². The van der Waals surface area contributed by atoms with Gasteiger partial charge in [-0.15, -0.1) is 11.8 Å². The number of nitrogens with two attached hydrogens (primary N) is 3. The Morgan fingerprint density at radius 1 is 0.500 bits per heavy atom. The maximum absolute atomic E-state index is 15.7. The van der Waals surface area contributed by atoms with E-state index in [0.717, 1.165) is 42.7 Å². The summed E-state index contributed by atoms with van der Waals surface area (Å²) in [7, 11) is 3.76. The number of hydrogen-bond acceptors (Lipinski definition) is 22. The van der Waals surface area contributed by atoms with Gasteiger partial charge in [0.2, 0.25) is 88.6 Å². The summed E-state index contributed by atoms with van der Waals surface area (Å²) in [5.74, 6) is -21.4. The molecule has 0 radical (unpaired) electrons. The molecule has 0 saturated carbocycles. The third kappa shape index (κ3) is 29.3. The first kappa shape index (κ1) is 105. The fourth-order valence-corrected chi connectivity index (χ4v) is 17.4. The molecule has 134 heavy (non-hydrogen) atoms. The first-order chi connectivity index (χ1) is 63.9. The van der Waals surface area contributed by atoms with E-state index in [-0.39, 0.29) is 88.6 Å². The molecule has 9 rings (SSSR count). The van der Waals surface area contributed by atoms with Crippen molar-refractivity contribution in [2.24, 2.45) is 23.1 Å². The number of halogens is 2.